The second-order valence-electron chi connectivity index (χ2n) is 4.52. The summed E-state index contributed by atoms with van der Waals surface area (Å²) in [5, 5.41) is 0.871. The molecule has 0 amide bonds. The van der Waals surface area contributed by atoms with Gasteiger partial charge in [-0.2, -0.15) is 4.37 Å². The van der Waals surface area contributed by atoms with Crippen LogP contribution in [-0.4, -0.2) is 30.0 Å². The van der Waals surface area contributed by atoms with Crippen LogP contribution in [0.2, 0.25) is 0 Å². The first-order valence-corrected chi connectivity index (χ1v) is 7.06. The van der Waals surface area contributed by atoms with Crippen LogP contribution >= 0.6 is 11.5 Å². The summed E-state index contributed by atoms with van der Waals surface area (Å²) in [5.41, 5.74) is 6.21. The number of carbonyl (C=O) groups excluding carboxylic acids is 1. The van der Waals surface area contributed by atoms with Gasteiger partial charge in [-0.25, -0.2) is 4.79 Å². The fourth-order valence-corrected chi connectivity index (χ4v) is 2.85. The third-order valence-corrected chi connectivity index (χ3v) is 3.99. The SMILES string of the molecule is CCCCN(c1snc(N)c1C(=O)OC)C1CC1. The lowest BCUT2D eigenvalue weighted by atomic mass is 10.2. The maximum absolute atomic E-state index is 11.8. The van der Waals surface area contributed by atoms with Gasteiger partial charge in [-0.05, 0) is 30.8 Å². The Kier molecular flexibility index (Phi) is 4.06. The van der Waals surface area contributed by atoms with E-state index in [-0.39, 0.29) is 5.82 Å². The van der Waals surface area contributed by atoms with E-state index in [0.717, 1.165) is 24.4 Å². The number of ether oxygens (including phenoxy) is 1. The fraction of sp³-hybridized carbons (Fsp3) is 0.667. The lowest BCUT2D eigenvalue weighted by Crippen LogP contribution is -2.27. The summed E-state index contributed by atoms with van der Waals surface area (Å²) in [7, 11) is 1.37. The number of rotatable bonds is 6. The summed E-state index contributed by atoms with van der Waals surface area (Å²) in [4.78, 5) is 14.0. The number of methoxy groups -OCH3 is 1. The molecule has 0 unspecified atom stereocenters. The number of unbranched alkanes of at least 4 members (excludes halogenated alkanes) is 1. The Hall–Kier alpha value is -1.30. The molecule has 1 saturated carbocycles. The third-order valence-electron chi connectivity index (χ3n) is 3.09. The van der Waals surface area contributed by atoms with E-state index >= 15 is 0 Å². The Labute approximate surface area is 111 Å². The predicted molar refractivity (Wildman–Crippen MR) is 73.1 cm³/mol. The van der Waals surface area contributed by atoms with Crippen LogP contribution < -0.4 is 10.6 Å². The molecule has 1 aliphatic rings. The van der Waals surface area contributed by atoms with Crippen LogP contribution in [0.15, 0.2) is 0 Å². The number of anilines is 2. The molecular weight excluding hydrogens is 250 g/mol. The molecule has 5 nitrogen and oxygen atoms in total. The number of carbonyl (C=O) groups is 1. The Morgan fingerprint density at radius 3 is 2.89 bits per heavy atom. The summed E-state index contributed by atoms with van der Waals surface area (Å²) in [6.07, 6.45) is 4.60. The molecule has 1 aromatic rings. The summed E-state index contributed by atoms with van der Waals surface area (Å²) in [6, 6.07) is 0.541. The fourth-order valence-electron chi connectivity index (χ4n) is 1.95. The minimum atomic E-state index is -0.390. The topological polar surface area (TPSA) is 68.5 Å². The van der Waals surface area contributed by atoms with Crippen molar-refractivity contribution in [3.8, 4) is 0 Å². The van der Waals surface area contributed by atoms with E-state index in [1.54, 1.807) is 0 Å². The smallest absolute Gasteiger partial charge is 0.344 e. The van der Waals surface area contributed by atoms with Crippen LogP contribution in [0.3, 0.4) is 0 Å². The number of nitrogens with two attached hydrogens (primary N) is 1. The molecule has 0 radical (unpaired) electrons. The van der Waals surface area contributed by atoms with Gasteiger partial charge in [0.2, 0.25) is 0 Å². The zero-order valence-corrected chi connectivity index (χ0v) is 11.6. The van der Waals surface area contributed by atoms with Crippen LogP contribution in [-0.2, 0) is 4.74 Å². The van der Waals surface area contributed by atoms with Crippen molar-refractivity contribution in [2.45, 2.75) is 38.6 Å². The van der Waals surface area contributed by atoms with E-state index in [1.807, 2.05) is 0 Å². The van der Waals surface area contributed by atoms with Crippen LogP contribution in [0.4, 0.5) is 10.8 Å². The lowest BCUT2D eigenvalue weighted by Gasteiger charge is -2.23. The molecule has 1 fully saturated rings. The second kappa shape index (κ2) is 5.56. The van der Waals surface area contributed by atoms with Crippen molar-refractivity contribution in [3.05, 3.63) is 5.56 Å². The first-order chi connectivity index (χ1) is 8.69. The first kappa shape index (κ1) is 13.1. The van der Waals surface area contributed by atoms with Crippen molar-refractivity contribution in [1.29, 1.82) is 0 Å². The first-order valence-electron chi connectivity index (χ1n) is 6.29. The highest BCUT2D eigenvalue weighted by Gasteiger charge is 2.33. The molecule has 1 heterocycles. The van der Waals surface area contributed by atoms with Gasteiger partial charge in [0, 0.05) is 12.6 Å². The zero-order chi connectivity index (χ0) is 13.1. The van der Waals surface area contributed by atoms with Crippen molar-refractivity contribution in [2.75, 3.05) is 24.3 Å². The largest absolute Gasteiger partial charge is 0.465 e. The third kappa shape index (κ3) is 2.58. The summed E-state index contributed by atoms with van der Waals surface area (Å²) in [5.74, 6) is -0.109. The number of nitrogen functional groups attached to an aromatic ring is 1. The highest BCUT2D eigenvalue weighted by Crippen LogP contribution is 2.38. The highest BCUT2D eigenvalue weighted by atomic mass is 32.1. The van der Waals surface area contributed by atoms with Crippen molar-refractivity contribution >= 4 is 28.3 Å². The van der Waals surface area contributed by atoms with Crippen molar-refractivity contribution in [3.63, 3.8) is 0 Å². The standard InChI is InChI=1S/C12H19N3O2S/c1-3-4-7-15(8-5-6-8)11-9(12(16)17-2)10(13)14-18-11/h8H,3-7H2,1-2H3,(H2,13,14). The number of nitrogens with zero attached hydrogens (tertiary/aromatic N) is 2. The molecule has 1 aromatic heterocycles. The van der Waals surface area contributed by atoms with Crippen LogP contribution in [0.25, 0.3) is 0 Å². The van der Waals surface area contributed by atoms with Gasteiger partial charge in [-0.3, -0.25) is 0 Å². The molecule has 0 bridgehead atoms. The van der Waals surface area contributed by atoms with Crippen LogP contribution in [0, 0.1) is 0 Å². The number of hydrogen-bond donors (Lipinski definition) is 1. The molecular formula is C12H19N3O2S. The minimum absolute atomic E-state index is 0.281. The highest BCUT2D eigenvalue weighted by molar-refractivity contribution is 7.11. The van der Waals surface area contributed by atoms with Crippen LogP contribution in [0.5, 0.6) is 0 Å². The van der Waals surface area contributed by atoms with E-state index in [4.69, 9.17) is 10.5 Å². The molecule has 2 rings (SSSR count). The van der Waals surface area contributed by atoms with Gasteiger partial charge < -0.3 is 15.4 Å². The van der Waals surface area contributed by atoms with Gasteiger partial charge >= 0.3 is 5.97 Å². The molecule has 18 heavy (non-hydrogen) atoms. The van der Waals surface area contributed by atoms with Gasteiger partial charge in [0.25, 0.3) is 0 Å². The van der Waals surface area contributed by atoms with Gasteiger partial charge in [-0.15, -0.1) is 0 Å². The number of hydrogen-bond acceptors (Lipinski definition) is 6. The average Bonchev–Trinajstić information content (AvgIpc) is 3.13. The molecule has 1 aliphatic carbocycles. The normalized spacial score (nSPS) is 14.6. The van der Waals surface area contributed by atoms with Crippen molar-refractivity contribution < 1.29 is 9.53 Å². The van der Waals surface area contributed by atoms with Crippen molar-refractivity contribution in [2.24, 2.45) is 0 Å². The predicted octanol–water partition coefficient (Wildman–Crippen LogP) is 2.28. The molecule has 0 saturated heterocycles. The molecule has 0 aliphatic heterocycles. The molecule has 0 aromatic carbocycles. The van der Waals surface area contributed by atoms with E-state index in [2.05, 4.69) is 16.2 Å². The Balaban J connectivity index is 2.26. The Morgan fingerprint density at radius 2 is 2.33 bits per heavy atom. The Bertz CT molecular complexity index is 429. The Morgan fingerprint density at radius 1 is 1.61 bits per heavy atom. The monoisotopic (exact) mass is 269 g/mol. The molecule has 100 valence electrons. The quantitative estimate of drug-likeness (QED) is 0.802. The number of aromatic nitrogens is 1. The molecule has 0 atom stereocenters. The van der Waals surface area contributed by atoms with E-state index in [0.29, 0.717) is 11.6 Å². The van der Waals surface area contributed by atoms with E-state index in [1.165, 1.54) is 31.5 Å². The molecule has 0 spiro atoms. The van der Waals surface area contributed by atoms with E-state index in [9.17, 15) is 4.79 Å². The number of esters is 1. The van der Waals surface area contributed by atoms with Crippen LogP contribution in [0.1, 0.15) is 43.0 Å². The van der Waals surface area contributed by atoms with Gasteiger partial charge in [0.05, 0.1) is 7.11 Å². The van der Waals surface area contributed by atoms with Gasteiger partial charge in [0.15, 0.2) is 5.82 Å². The molecule has 2 N–H and O–H groups in total. The summed E-state index contributed by atoms with van der Waals surface area (Å²) < 4.78 is 8.89. The van der Waals surface area contributed by atoms with Gasteiger partial charge in [0.1, 0.15) is 10.6 Å². The lowest BCUT2D eigenvalue weighted by molar-refractivity contribution is 0.0603. The summed E-state index contributed by atoms with van der Waals surface area (Å²) >= 11 is 1.30. The van der Waals surface area contributed by atoms with Crippen molar-refractivity contribution in [1.82, 2.24) is 4.37 Å². The summed E-state index contributed by atoms with van der Waals surface area (Å²) in [6.45, 7) is 3.11. The van der Waals surface area contributed by atoms with Gasteiger partial charge in [-0.1, -0.05) is 13.3 Å². The maximum Gasteiger partial charge on any atom is 0.344 e. The maximum atomic E-state index is 11.8. The average molecular weight is 269 g/mol. The molecule has 6 heteroatoms. The second-order valence-corrected chi connectivity index (χ2v) is 5.27. The zero-order valence-electron chi connectivity index (χ0n) is 10.8. The van der Waals surface area contributed by atoms with E-state index < -0.39 is 5.97 Å². The minimum Gasteiger partial charge on any atom is -0.465 e.